The van der Waals surface area contributed by atoms with Crippen molar-refractivity contribution in [2.75, 3.05) is 24.2 Å². The highest BCUT2D eigenvalue weighted by Crippen LogP contribution is 2.16. The first kappa shape index (κ1) is 18.7. The molecular weight excluding hydrogens is 314 g/mol. The number of amides is 2. The van der Waals surface area contributed by atoms with E-state index in [1.54, 1.807) is 18.9 Å². The minimum Gasteiger partial charge on any atom is -0.325 e. The summed E-state index contributed by atoms with van der Waals surface area (Å²) in [5, 5.41) is 5.76. The van der Waals surface area contributed by atoms with E-state index in [9.17, 15) is 9.59 Å². The molecule has 25 heavy (non-hydrogen) atoms. The van der Waals surface area contributed by atoms with Gasteiger partial charge in [0.2, 0.25) is 11.8 Å². The molecular formula is C20H25N3O2. The third-order valence-electron chi connectivity index (χ3n) is 4.14. The number of hydrogen-bond acceptors (Lipinski definition) is 3. The number of nitrogens with one attached hydrogen (secondary N) is 2. The van der Waals surface area contributed by atoms with Crippen LogP contribution in [-0.4, -0.2) is 36.3 Å². The van der Waals surface area contributed by atoms with E-state index < -0.39 is 6.04 Å². The van der Waals surface area contributed by atoms with Crippen LogP contribution in [0.15, 0.2) is 48.5 Å². The molecule has 2 N–H and O–H groups in total. The molecule has 0 unspecified atom stereocenters. The molecule has 0 bridgehead atoms. The van der Waals surface area contributed by atoms with E-state index in [0.29, 0.717) is 0 Å². The molecule has 2 aromatic rings. The summed E-state index contributed by atoms with van der Waals surface area (Å²) in [6, 6.07) is 14.8. The zero-order valence-electron chi connectivity index (χ0n) is 15.2. The summed E-state index contributed by atoms with van der Waals surface area (Å²) < 4.78 is 0. The predicted molar refractivity (Wildman–Crippen MR) is 102 cm³/mol. The van der Waals surface area contributed by atoms with Gasteiger partial charge in [-0.15, -0.1) is 0 Å². The van der Waals surface area contributed by atoms with Crippen LogP contribution in [0, 0.1) is 13.8 Å². The molecule has 0 heterocycles. The first-order chi connectivity index (χ1) is 11.9. The highest BCUT2D eigenvalue weighted by Gasteiger charge is 2.20. The van der Waals surface area contributed by atoms with E-state index in [1.807, 2.05) is 62.4 Å². The summed E-state index contributed by atoms with van der Waals surface area (Å²) in [6.07, 6.45) is 0. The van der Waals surface area contributed by atoms with E-state index in [1.165, 1.54) is 0 Å². The summed E-state index contributed by atoms with van der Waals surface area (Å²) >= 11 is 0. The summed E-state index contributed by atoms with van der Waals surface area (Å²) in [4.78, 5) is 26.3. The number of carbonyl (C=O) groups is 2. The molecule has 0 aromatic heterocycles. The Labute approximate surface area is 149 Å². The molecule has 132 valence electrons. The van der Waals surface area contributed by atoms with Crippen LogP contribution in [0.5, 0.6) is 0 Å². The van der Waals surface area contributed by atoms with Crippen molar-refractivity contribution in [2.24, 2.45) is 0 Å². The lowest BCUT2D eigenvalue weighted by Gasteiger charge is -2.23. The van der Waals surface area contributed by atoms with Gasteiger partial charge in [-0.25, -0.2) is 0 Å². The molecule has 0 aliphatic carbocycles. The lowest BCUT2D eigenvalue weighted by atomic mass is 10.1. The van der Waals surface area contributed by atoms with Crippen molar-refractivity contribution in [1.29, 1.82) is 0 Å². The minimum atomic E-state index is -0.426. The SMILES string of the molecule is Cc1ccc(C)c(NC(=O)CN(C)[C@H](C)C(=O)Nc2ccccc2)c1. The average Bonchev–Trinajstić information content (AvgIpc) is 2.58. The summed E-state index contributed by atoms with van der Waals surface area (Å²) in [7, 11) is 1.76. The topological polar surface area (TPSA) is 61.4 Å². The Bertz CT molecular complexity index is 744. The van der Waals surface area contributed by atoms with E-state index in [2.05, 4.69) is 10.6 Å². The van der Waals surface area contributed by atoms with Gasteiger partial charge in [-0.2, -0.15) is 0 Å². The Morgan fingerprint density at radius 1 is 1.04 bits per heavy atom. The van der Waals surface area contributed by atoms with Gasteiger partial charge in [0, 0.05) is 11.4 Å². The number of nitrogens with zero attached hydrogens (tertiary/aromatic N) is 1. The van der Waals surface area contributed by atoms with E-state index in [0.717, 1.165) is 22.5 Å². The van der Waals surface area contributed by atoms with Gasteiger partial charge in [0.05, 0.1) is 12.6 Å². The fraction of sp³-hybridized carbons (Fsp3) is 0.300. The number of hydrogen-bond donors (Lipinski definition) is 2. The molecule has 0 aliphatic rings. The van der Waals surface area contributed by atoms with Crippen molar-refractivity contribution in [3.05, 3.63) is 59.7 Å². The van der Waals surface area contributed by atoms with Crippen LogP contribution in [0.4, 0.5) is 11.4 Å². The van der Waals surface area contributed by atoms with E-state index >= 15 is 0 Å². The highest BCUT2D eigenvalue weighted by molar-refractivity contribution is 5.96. The van der Waals surface area contributed by atoms with Gasteiger partial charge in [-0.3, -0.25) is 14.5 Å². The fourth-order valence-corrected chi connectivity index (χ4v) is 2.39. The Morgan fingerprint density at radius 3 is 2.40 bits per heavy atom. The molecule has 2 aromatic carbocycles. The Morgan fingerprint density at radius 2 is 1.72 bits per heavy atom. The predicted octanol–water partition coefficient (Wildman–Crippen LogP) is 3.20. The molecule has 0 saturated carbocycles. The summed E-state index contributed by atoms with van der Waals surface area (Å²) in [5.41, 5.74) is 3.65. The molecule has 0 saturated heterocycles. The quantitative estimate of drug-likeness (QED) is 0.849. The van der Waals surface area contributed by atoms with Gasteiger partial charge in [0.25, 0.3) is 0 Å². The average molecular weight is 339 g/mol. The molecule has 1 atom stereocenters. The van der Waals surface area contributed by atoms with Gasteiger partial charge in [0.1, 0.15) is 0 Å². The van der Waals surface area contributed by atoms with Crippen LogP contribution in [0.1, 0.15) is 18.1 Å². The first-order valence-electron chi connectivity index (χ1n) is 8.30. The highest BCUT2D eigenvalue weighted by atomic mass is 16.2. The number of likely N-dealkylation sites (N-methyl/N-ethyl adjacent to an activating group) is 1. The number of anilines is 2. The summed E-state index contributed by atoms with van der Waals surface area (Å²) in [5.74, 6) is -0.288. The van der Waals surface area contributed by atoms with Gasteiger partial charge in [0.15, 0.2) is 0 Å². The van der Waals surface area contributed by atoms with Crippen LogP contribution in [0.3, 0.4) is 0 Å². The second kappa shape index (κ2) is 8.44. The third-order valence-corrected chi connectivity index (χ3v) is 4.14. The number of carbonyl (C=O) groups excluding carboxylic acids is 2. The van der Waals surface area contributed by atoms with Crippen molar-refractivity contribution in [3.63, 3.8) is 0 Å². The maximum absolute atomic E-state index is 12.3. The second-order valence-electron chi connectivity index (χ2n) is 6.31. The molecule has 0 aliphatic heterocycles. The second-order valence-corrected chi connectivity index (χ2v) is 6.31. The lowest BCUT2D eigenvalue weighted by molar-refractivity contribution is -0.122. The van der Waals surface area contributed by atoms with Crippen LogP contribution in [0.25, 0.3) is 0 Å². The normalized spacial score (nSPS) is 11.9. The zero-order valence-corrected chi connectivity index (χ0v) is 15.2. The van der Waals surface area contributed by atoms with Crippen molar-refractivity contribution in [3.8, 4) is 0 Å². The van der Waals surface area contributed by atoms with Crippen molar-refractivity contribution in [1.82, 2.24) is 4.90 Å². The van der Waals surface area contributed by atoms with E-state index in [4.69, 9.17) is 0 Å². The molecule has 0 fully saturated rings. The molecule has 2 amide bonds. The maximum atomic E-state index is 12.3. The number of rotatable bonds is 6. The molecule has 5 heteroatoms. The Balaban J connectivity index is 1.91. The minimum absolute atomic E-state index is 0.136. The monoisotopic (exact) mass is 339 g/mol. The van der Waals surface area contributed by atoms with Crippen LogP contribution >= 0.6 is 0 Å². The molecule has 5 nitrogen and oxygen atoms in total. The van der Waals surface area contributed by atoms with E-state index in [-0.39, 0.29) is 18.4 Å². The standard InChI is InChI=1S/C20H25N3O2/c1-14-10-11-15(2)18(12-14)22-19(24)13-23(4)16(3)20(25)21-17-8-6-5-7-9-17/h5-12,16H,13H2,1-4H3,(H,21,25)(H,22,24)/t16-/m1/s1. The van der Waals surface area contributed by atoms with Crippen LogP contribution in [-0.2, 0) is 9.59 Å². The van der Waals surface area contributed by atoms with Gasteiger partial charge >= 0.3 is 0 Å². The van der Waals surface area contributed by atoms with Crippen molar-refractivity contribution < 1.29 is 9.59 Å². The van der Waals surface area contributed by atoms with Gasteiger partial charge in [-0.05, 0) is 57.1 Å². The fourth-order valence-electron chi connectivity index (χ4n) is 2.39. The Hall–Kier alpha value is -2.66. The Kier molecular flexibility index (Phi) is 6.31. The number of para-hydroxylation sites is 1. The zero-order chi connectivity index (χ0) is 18.4. The number of benzene rings is 2. The van der Waals surface area contributed by atoms with Gasteiger partial charge < -0.3 is 10.6 Å². The third kappa shape index (κ3) is 5.43. The number of aryl methyl sites for hydroxylation is 2. The first-order valence-corrected chi connectivity index (χ1v) is 8.30. The molecule has 2 rings (SSSR count). The summed E-state index contributed by atoms with van der Waals surface area (Å²) in [6.45, 7) is 5.85. The molecule has 0 radical (unpaired) electrons. The van der Waals surface area contributed by atoms with Crippen LogP contribution in [0.2, 0.25) is 0 Å². The van der Waals surface area contributed by atoms with Crippen LogP contribution < -0.4 is 10.6 Å². The lowest BCUT2D eigenvalue weighted by Crippen LogP contribution is -2.43. The van der Waals surface area contributed by atoms with Crippen molar-refractivity contribution >= 4 is 23.2 Å². The largest absolute Gasteiger partial charge is 0.325 e. The maximum Gasteiger partial charge on any atom is 0.241 e. The van der Waals surface area contributed by atoms with Gasteiger partial charge in [-0.1, -0.05) is 30.3 Å². The molecule has 0 spiro atoms. The smallest absolute Gasteiger partial charge is 0.241 e. The van der Waals surface area contributed by atoms with Crippen molar-refractivity contribution in [2.45, 2.75) is 26.8 Å².